The van der Waals surface area contributed by atoms with E-state index < -0.39 is 0 Å². The quantitative estimate of drug-likeness (QED) is 0.600. The fourth-order valence-electron chi connectivity index (χ4n) is 2.60. The monoisotopic (exact) mass is 401 g/mol. The van der Waals surface area contributed by atoms with Gasteiger partial charge in [-0.2, -0.15) is 0 Å². The van der Waals surface area contributed by atoms with E-state index in [1.165, 1.54) is 18.2 Å². The second kappa shape index (κ2) is 7.79. The van der Waals surface area contributed by atoms with Gasteiger partial charge in [0.15, 0.2) is 5.78 Å². The first-order valence-corrected chi connectivity index (χ1v) is 9.51. The maximum absolute atomic E-state index is 12.3. The van der Waals surface area contributed by atoms with Crippen LogP contribution in [0.3, 0.4) is 0 Å². The number of phenols is 1. The number of aromatic hydroxyl groups is 1. The average Bonchev–Trinajstić information content (AvgIpc) is 2.48. The van der Waals surface area contributed by atoms with Crippen molar-refractivity contribution in [3.05, 3.63) is 27.7 Å². The second-order valence-corrected chi connectivity index (χ2v) is 8.28. The molecule has 1 aliphatic rings. The molecule has 0 bridgehead atoms. The number of thioether (sulfide) groups is 1. The van der Waals surface area contributed by atoms with Gasteiger partial charge in [-0.1, -0.05) is 30.9 Å². The number of carbonyl (C=O) groups is 1. The van der Waals surface area contributed by atoms with Gasteiger partial charge in [0.25, 0.3) is 0 Å². The summed E-state index contributed by atoms with van der Waals surface area (Å²) in [6, 6.07) is 3.51. The lowest BCUT2D eigenvalue weighted by molar-refractivity contribution is 0.102. The van der Waals surface area contributed by atoms with Crippen molar-refractivity contribution in [3.8, 4) is 5.75 Å². The Hall–Kier alpha value is -0.590. The van der Waals surface area contributed by atoms with Gasteiger partial charge in [0.1, 0.15) is 10.1 Å². The Morgan fingerprint density at radius 2 is 2.27 bits per heavy atom. The Kier molecular flexibility index (Phi) is 6.29. The van der Waals surface area contributed by atoms with Crippen molar-refractivity contribution in [3.63, 3.8) is 0 Å². The summed E-state index contributed by atoms with van der Waals surface area (Å²) in [4.78, 5) is 14.5. The molecular formula is C16H20BrNO2S2. The molecule has 1 heterocycles. The van der Waals surface area contributed by atoms with E-state index >= 15 is 0 Å². The highest BCUT2D eigenvalue weighted by molar-refractivity contribution is 9.10. The van der Waals surface area contributed by atoms with E-state index in [1.54, 1.807) is 12.1 Å². The van der Waals surface area contributed by atoms with E-state index in [2.05, 4.69) is 27.8 Å². The van der Waals surface area contributed by atoms with Crippen LogP contribution in [-0.2, 0) is 0 Å². The van der Waals surface area contributed by atoms with Crippen LogP contribution >= 0.6 is 39.9 Å². The number of ketones is 1. The van der Waals surface area contributed by atoms with Crippen LogP contribution in [0.25, 0.3) is 0 Å². The Balaban J connectivity index is 1.97. The van der Waals surface area contributed by atoms with Crippen LogP contribution in [0.2, 0.25) is 0 Å². The molecule has 1 fully saturated rings. The molecule has 0 amide bonds. The first-order chi connectivity index (χ1) is 10.4. The van der Waals surface area contributed by atoms with E-state index in [4.69, 9.17) is 12.2 Å². The molecule has 0 saturated carbocycles. The average molecular weight is 402 g/mol. The topological polar surface area (TPSA) is 40.5 Å². The smallest absolute Gasteiger partial charge is 0.176 e. The van der Waals surface area contributed by atoms with Crippen LogP contribution in [0.1, 0.15) is 35.7 Å². The van der Waals surface area contributed by atoms with Gasteiger partial charge < -0.3 is 10.0 Å². The van der Waals surface area contributed by atoms with Crippen molar-refractivity contribution in [1.29, 1.82) is 0 Å². The number of likely N-dealkylation sites (tertiary alicyclic amines) is 1. The minimum absolute atomic E-state index is 0.00807. The van der Waals surface area contributed by atoms with Crippen LogP contribution in [0.4, 0.5) is 0 Å². The van der Waals surface area contributed by atoms with Crippen molar-refractivity contribution in [2.75, 3.05) is 18.8 Å². The molecule has 1 aromatic carbocycles. The Bertz CT molecular complexity index is 592. The lowest BCUT2D eigenvalue weighted by Gasteiger charge is -2.32. The molecule has 1 atom stereocenters. The fraction of sp³-hybridized carbons (Fsp3) is 0.500. The summed E-state index contributed by atoms with van der Waals surface area (Å²) >= 11 is 10.1. The molecule has 0 aliphatic carbocycles. The molecule has 0 radical (unpaired) electrons. The molecule has 1 saturated heterocycles. The molecule has 1 unspecified atom stereocenters. The van der Waals surface area contributed by atoms with Gasteiger partial charge in [-0.05, 0) is 59.3 Å². The molecule has 22 heavy (non-hydrogen) atoms. The van der Waals surface area contributed by atoms with Crippen LogP contribution in [0, 0.1) is 12.8 Å². The zero-order chi connectivity index (χ0) is 16.3. The van der Waals surface area contributed by atoms with Crippen molar-refractivity contribution < 1.29 is 9.90 Å². The van der Waals surface area contributed by atoms with E-state index in [9.17, 15) is 9.90 Å². The normalized spacial score (nSPS) is 18.3. The van der Waals surface area contributed by atoms with Crippen LogP contribution in [-0.4, -0.2) is 39.0 Å². The third kappa shape index (κ3) is 4.46. The molecular weight excluding hydrogens is 382 g/mol. The number of phenolic OH excluding ortho intramolecular Hbond substituents is 1. The lowest BCUT2D eigenvalue weighted by atomic mass is 10.0. The Labute approximate surface area is 149 Å². The fourth-order valence-corrected chi connectivity index (χ4v) is 4.27. The molecule has 1 aromatic rings. The molecule has 1 N–H and O–H groups in total. The van der Waals surface area contributed by atoms with E-state index in [0.717, 1.165) is 29.4 Å². The predicted octanol–water partition coefficient (Wildman–Crippen LogP) is 4.40. The van der Waals surface area contributed by atoms with E-state index in [1.807, 2.05) is 6.92 Å². The maximum Gasteiger partial charge on any atom is 0.176 e. The van der Waals surface area contributed by atoms with Crippen molar-refractivity contribution >= 4 is 50.0 Å². The molecule has 120 valence electrons. The minimum Gasteiger partial charge on any atom is -0.506 e. The van der Waals surface area contributed by atoms with Crippen molar-refractivity contribution in [1.82, 2.24) is 4.90 Å². The van der Waals surface area contributed by atoms with E-state index in [0.29, 0.717) is 16.0 Å². The number of hydrogen-bond acceptors (Lipinski definition) is 4. The Morgan fingerprint density at radius 3 is 2.95 bits per heavy atom. The molecule has 0 aromatic heterocycles. The van der Waals surface area contributed by atoms with Gasteiger partial charge in [-0.15, -0.1) is 0 Å². The number of halogens is 1. The summed E-state index contributed by atoms with van der Waals surface area (Å²) in [7, 11) is 0. The van der Waals surface area contributed by atoms with Crippen LogP contribution in [0.15, 0.2) is 16.6 Å². The summed E-state index contributed by atoms with van der Waals surface area (Å²) in [5.74, 6) is 0.820. The summed E-state index contributed by atoms with van der Waals surface area (Å²) < 4.78 is 1.33. The number of carbonyl (C=O) groups excluding carboxylic acids is 1. The van der Waals surface area contributed by atoms with Crippen molar-refractivity contribution in [2.45, 2.75) is 26.7 Å². The largest absolute Gasteiger partial charge is 0.506 e. The molecule has 3 nitrogen and oxygen atoms in total. The highest BCUT2D eigenvalue weighted by Gasteiger charge is 2.21. The summed E-state index contributed by atoms with van der Waals surface area (Å²) in [5.41, 5.74) is 1.29. The third-order valence-corrected chi connectivity index (χ3v) is 5.88. The summed E-state index contributed by atoms with van der Waals surface area (Å²) in [5, 5.41) is 10.0. The van der Waals surface area contributed by atoms with Gasteiger partial charge in [-0.25, -0.2) is 0 Å². The lowest BCUT2D eigenvalue weighted by Crippen LogP contribution is -2.37. The standard InChI is InChI=1S/C16H20BrNO2S2/c1-10-4-3-5-18(8-10)16(21)22-9-14(19)12-6-11(2)7-13(17)15(12)20/h6-7,10,20H,3-5,8-9H2,1-2H3. The third-order valence-electron chi connectivity index (χ3n) is 3.75. The number of piperidine rings is 1. The van der Waals surface area contributed by atoms with Gasteiger partial charge in [-0.3, -0.25) is 4.79 Å². The molecule has 2 rings (SSSR count). The summed E-state index contributed by atoms with van der Waals surface area (Å²) in [6.07, 6.45) is 2.40. The molecule has 6 heteroatoms. The number of hydrogen-bond donors (Lipinski definition) is 1. The number of thiocarbonyl (C=S) groups is 1. The van der Waals surface area contributed by atoms with Crippen LogP contribution in [0.5, 0.6) is 5.75 Å². The summed E-state index contributed by atoms with van der Waals surface area (Å²) in [6.45, 7) is 6.08. The number of rotatable bonds is 3. The zero-order valence-electron chi connectivity index (χ0n) is 12.8. The molecule has 1 aliphatic heterocycles. The maximum atomic E-state index is 12.3. The van der Waals surface area contributed by atoms with E-state index in [-0.39, 0.29) is 17.3 Å². The number of benzene rings is 1. The predicted molar refractivity (Wildman–Crippen MR) is 99.9 cm³/mol. The highest BCUT2D eigenvalue weighted by Crippen LogP contribution is 2.30. The number of Topliss-reactive ketones (excluding diaryl/α,β-unsaturated/α-hetero) is 1. The SMILES string of the molecule is Cc1cc(Br)c(O)c(C(=O)CSC(=S)N2CCCC(C)C2)c1. The van der Waals surface area contributed by atoms with Gasteiger partial charge in [0.2, 0.25) is 0 Å². The zero-order valence-corrected chi connectivity index (χ0v) is 16.0. The first-order valence-electron chi connectivity index (χ1n) is 7.32. The number of nitrogens with zero attached hydrogens (tertiary/aromatic N) is 1. The van der Waals surface area contributed by atoms with Gasteiger partial charge >= 0.3 is 0 Å². The van der Waals surface area contributed by atoms with Crippen LogP contribution < -0.4 is 0 Å². The van der Waals surface area contributed by atoms with Gasteiger partial charge in [0.05, 0.1) is 15.8 Å². The number of aryl methyl sites for hydroxylation is 1. The molecule has 0 spiro atoms. The first kappa shape index (κ1) is 17.8. The minimum atomic E-state index is -0.0979. The highest BCUT2D eigenvalue weighted by atomic mass is 79.9. The van der Waals surface area contributed by atoms with Crippen molar-refractivity contribution in [2.24, 2.45) is 5.92 Å². The Morgan fingerprint density at radius 1 is 1.55 bits per heavy atom. The van der Waals surface area contributed by atoms with Gasteiger partial charge in [0, 0.05) is 13.1 Å². The second-order valence-electron chi connectivity index (χ2n) is 5.81.